The van der Waals surface area contributed by atoms with Gasteiger partial charge in [0.05, 0.1) is 17.1 Å². The van der Waals surface area contributed by atoms with E-state index in [9.17, 15) is 34.8 Å². The van der Waals surface area contributed by atoms with E-state index in [1.54, 1.807) is 0 Å². The Balaban J connectivity index is 3.67. The van der Waals surface area contributed by atoms with Gasteiger partial charge in [0, 0.05) is 16.7 Å². The summed E-state index contributed by atoms with van der Waals surface area (Å²) < 4.78 is 100. The van der Waals surface area contributed by atoms with Crippen LogP contribution in [0.25, 0.3) is 0 Å². The van der Waals surface area contributed by atoms with Crippen LogP contribution in [0.5, 0.6) is 5.88 Å². The zero-order valence-electron chi connectivity index (χ0n) is 9.39. The van der Waals surface area contributed by atoms with Crippen LogP contribution < -0.4 is 4.74 Å². The Labute approximate surface area is 123 Å². The smallest absolute Gasteiger partial charge is 0.388 e. The third kappa shape index (κ3) is 4.78. The summed E-state index contributed by atoms with van der Waals surface area (Å²) >= 11 is 5.17. The van der Waals surface area contributed by atoms with Crippen LogP contribution >= 0.6 is 22.3 Å². The maximum absolute atomic E-state index is 12.8. The van der Waals surface area contributed by atoms with Crippen molar-refractivity contribution in [1.29, 1.82) is 0 Å². The molecule has 1 rings (SSSR count). The lowest BCUT2D eigenvalue weighted by atomic mass is 10.2. The quantitative estimate of drug-likeness (QED) is 0.458. The molecule has 0 saturated carbocycles. The molecule has 0 spiro atoms. The van der Waals surface area contributed by atoms with Crippen molar-refractivity contribution in [1.82, 2.24) is 4.98 Å². The van der Waals surface area contributed by atoms with Crippen molar-refractivity contribution in [3.05, 3.63) is 17.3 Å². The van der Waals surface area contributed by atoms with Gasteiger partial charge in [-0.25, -0.2) is 13.4 Å². The van der Waals surface area contributed by atoms with Crippen molar-refractivity contribution in [2.45, 2.75) is 23.3 Å². The maximum atomic E-state index is 12.8. The standard InChI is InChI=1S/C8H3Cl2F6NO3S/c9-2-3-6(7(11,12)13)4(21(10,18)19)1-5(17-3)20-8(14,15)16/h1H,2H2. The molecule has 0 aromatic carbocycles. The number of rotatable bonds is 3. The SMILES string of the molecule is O=S(=O)(Cl)c1cc(OC(F)(F)F)nc(CCl)c1C(F)(F)F. The third-order valence-corrected chi connectivity index (χ3v) is 3.53. The number of ether oxygens (including phenoxy) is 1. The molecule has 1 aromatic rings. The molecule has 0 radical (unpaired) electrons. The van der Waals surface area contributed by atoms with Crippen LogP contribution in [0.15, 0.2) is 11.0 Å². The molecule has 4 nitrogen and oxygen atoms in total. The molecular weight excluding hydrogens is 375 g/mol. The number of hydrogen-bond donors (Lipinski definition) is 0. The highest BCUT2D eigenvalue weighted by Crippen LogP contribution is 2.40. The number of pyridine rings is 1. The Morgan fingerprint density at radius 2 is 1.71 bits per heavy atom. The largest absolute Gasteiger partial charge is 0.574 e. The highest BCUT2D eigenvalue weighted by Gasteiger charge is 2.42. The molecule has 21 heavy (non-hydrogen) atoms. The van der Waals surface area contributed by atoms with Crippen LogP contribution in [0.3, 0.4) is 0 Å². The first-order valence-corrected chi connectivity index (χ1v) is 7.47. The minimum absolute atomic E-state index is 0.0747. The molecule has 0 bridgehead atoms. The van der Waals surface area contributed by atoms with E-state index in [0.29, 0.717) is 0 Å². The van der Waals surface area contributed by atoms with Crippen molar-refractivity contribution in [3.63, 3.8) is 0 Å². The molecule has 120 valence electrons. The summed E-state index contributed by atoms with van der Waals surface area (Å²) in [5.74, 6) is -2.44. The van der Waals surface area contributed by atoms with Gasteiger partial charge in [0.2, 0.25) is 5.88 Å². The molecule has 0 saturated heterocycles. The van der Waals surface area contributed by atoms with Gasteiger partial charge in [0.25, 0.3) is 9.05 Å². The van der Waals surface area contributed by atoms with Crippen molar-refractivity contribution >= 4 is 31.3 Å². The first kappa shape index (κ1) is 18.1. The summed E-state index contributed by atoms with van der Waals surface area (Å²) in [6, 6.07) is -0.0747. The lowest BCUT2D eigenvalue weighted by molar-refractivity contribution is -0.276. The lowest BCUT2D eigenvalue weighted by Crippen LogP contribution is -2.21. The summed E-state index contributed by atoms with van der Waals surface area (Å²) in [4.78, 5) is 1.28. The summed E-state index contributed by atoms with van der Waals surface area (Å²) in [5.41, 5.74) is -3.01. The Morgan fingerprint density at radius 3 is 2.05 bits per heavy atom. The van der Waals surface area contributed by atoms with Crippen molar-refractivity contribution in [3.8, 4) is 5.88 Å². The van der Waals surface area contributed by atoms with E-state index in [1.807, 2.05) is 0 Å². The first-order chi connectivity index (χ1) is 9.25. The van der Waals surface area contributed by atoms with Crippen molar-refractivity contribution < 1.29 is 39.5 Å². The fourth-order valence-corrected chi connectivity index (χ4v) is 2.59. The summed E-state index contributed by atoms with van der Waals surface area (Å²) in [5, 5.41) is 0. The van der Waals surface area contributed by atoms with Crippen molar-refractivity contribution in [2.24, 2.45) is 0 Å². The Bertz CT molecular complexity index is 643. The molecule has 0 aliphatic carbocycles. The van der Waals surface area contributed by atoms with Crippen LogP contribution in [0.2, 0.25) is 0 Å². The third-order valence-electron chi connectivity index (χ3n) is 1.93. The van der Waals surface area contributed by atoms with E-state index >= 15 is 0 Å². The van der Waals surface area contributed by atoms with Gasteiger partial charge < -0.3 is 4.74 Å². The van der Waals surface area contributed by atoms with Crippen LogP contribution in [0, 0.1) is 0 Å². The minimum atomic E-state index is -5.29. The monoisotopic (exact) mass is 377 g/mol. The number of hydrogen-bond acceptors (Lipinski definition) is 4. The van der Waals surface area contributed by atoms with Gasteiger partial charge in [-0.05, 0) is 0 Å². The predicted molar refractivity (Wildman–Crippen MR) is 58.5 cm³/mol. The fourth-order valence-electron chi connectivity index (χ4n) is 1.31. The number of nitrogens with zero attached hydrogens (tertiary/aromatic N) is 1. The molecule has 0 fully saturated rings. The highest BCUT2D eigenvalue weighted by molar-refractivity contribution is 8.13. The fraction of sp³-hybridized carbons (Fsp3) is 0.375. The normalized spacial score (nSPS) is 13.3. The van der Waals surface area contributed by atoms with Gasteiger partial charge in [-0.15, -0.1) is 24.8 Å². The Kier molecular flexibility index (Phi) is 4.91. The average Bonchev–Trinajstić information content (AvgIpc) is 2.22. The molecule has 0 aliphatic heterocycles. The lowest BCUT2D eigenvalue weighted by Gasteiger charge is -2.16. The first-order valence-electron chi connectivity index (χ1n) is 4.63. The van der Waals surface area contributed by atoms with Gasteiger partial charge in [0.15, 0.2) is 0 Å². The van der Waals surface area contributed by atoms with Crippen LogP contribution in [-0.2, 0) is 21.1 Å². The van der Waals surface area contributed by atoms with Crippen molar-refractivity contribution in [2.75, 3.05) is 0 Å². The van der Waals surface area contributed by atoms with Gasteiger partial charge in [-0.1, -0.05) is 0 Å². The zero-order chi connectivity index (χ0) is 16.6. The zero-order valence-corrected chi connectivity index (χ0v) is 11.7. The number of alkyl halides is 7. The van der Waals surface area contributed by atoms with E-state index < -0.39 is 49.5 Å². The number of halogens is 8. The average molecular weight is 378 g/mol. The molecule has 0 amide bonds. The highest BCUT2D eigenvalue weighted by atomic mass is 35.7. The summed E-state index contributed by atoms with van der Waals surface area (Å²) in [6.45, 7) is 0. The summed E-state index contributed by atoms with van der Waals surface area (Å²) in [6.07, 6.45) is -10.5. The van der Waals surface area contributed by atoms with E-state index in [4.69, 9.17) is 22.3 Å². The second-order valence-corrected chi connectivity index (χ2v) is 6.20. The minimum Gasteiger partial charge on any atom is -0.388 e. The van der Waals surface area contributed by atoms with Gasteiger partial charge >= 0.3 is 12.5 Å². The molecule has 1 aromatic heterocycles. The molecule has 0 unspecified atom stereocenters. The molecular formula is C8H3Cl2F6NO3S. The Hall–Kier alpha value is -0.940. The van der Waals surface area contributed by atoms with Crippen LogP contribution in [0.4, 0.5) is 26.3 Å². The van der Waals surface area contributed by atoms with E-state index in [0.717, 1.165) is 0 Å². The second kappa shape index (κ2) is 5.69. The maximum Gasteiger partial charge on any atom is 0.574 e. The van der Waals surface area contributed by atoms with E-state index in [1.165, 1.54) is 0 Å². The molecule has 1 heterocycles. The molecule has 0 atom stereocenters. The topological polar surface area (TPSA) is 56.3 Å². The van der Waals surface area contributed by atoms with Gasteiger partial charge in [-0.2, -0.15) is 13.2 Å². The Morgan fingerprint density at radius 1 is 1.19 bits per heavy atom. The van der Waals surface area contributed by atoms with Gasteiger partial charge in [-0.3, -0.25) is 0 Å². The molecule has 13 heteroatoms. The van der Waals surface area contributed by atoms with Crippen LogP contribution in [0.1, 0.15) is 11.3 Å². The second-order valence-electron chi connectivity index (χ2n) is 3.40. The van der Waals surface area contributed by atoms with Gasteiger partial charge in [0.1, 0.15) is 4.90 Å². The molecule has 0 N–H and O–H groups in total. The summed E-state index contributed by atoms with van der Waals surface area (Å²) in [7, 11) is -0.215. The number of aromatic nitrogens is 1. The predicted octanol–water partition coefficient (Wildman–Crippen LogP) is 3.67. The van der Waals surface area contributed by atoms with E-state index in [-0.39, 0.29) is 6.07 Å². The van der Waals surface area contributed by atoms with Crippen LogP contribution in [-0.4, -0.2) is 19.8 Å². The van der Waals surface area contributed by atoms with E-state index in [2.05, 4.69) is 9.72 Å². The molecule has 0 aliphatic rings.